The van der Waals surface area contributed by atoms with E-state index in [-0.39, 0.29) is 28.2 Å². The zero-order chi connectivity index (χ0) is 13.8. The Kier molecular flexibility index (Phi) is 3.47. The maximum atomic E-state index is 11.8. The second kappa shape index (κ2) is 5.22. The molecule has 0 aliphatic carbocycles. The molecule has 0 aromatic heterocycles. The van der Waals surface area contributed by atoms with Gasteiger partial charge in [-0.15, -0.1) is 0 Å². The Balaban J connectivity index is 2.27. The molecule has 0 radical (unpaired) electrons. The molecule has 2 aromatic carbocycles. The Labute approximate surface area is 108 Å². The number of aromatic hydroxyl groups is 2. The SMILES string of the molecule is O=C(Oc1ccc(=O)ccc1O)c1ccc(O)cc1. The molecule has 2 N–H and O–H groups in total. The second-order valence-electron chi connectivity index (χ2n) is 3.75. The van der Waals surface area contributed by atoms with Gasteiger partial charge in [-0.1, -0.05) is 0 Å². The van der Waals surface area contributed by atoms with E-state index in [4.69, 9.17) is 9.84 Å². The van der Waals surface area contributed by atoms with Crippen LogP contribution in [0.1, 0.15) is 10.4 Å². The molecule has 0 saturated heterocycles. The van der Waals surface area contributed by atoms with Crippen LogP contribution >= 0.6 is 0 Å². The van der Waals surface area contributed by atoms with Crippen LogP contribution in [0.2, 0.25) is 0 Å². The largest absolute Gasteiger partial charge is 0.508 e. The van der Waals surface area contributed by atoms with Crippen molar-refractivity contribution in [2.24, 2.45) is 0 Å². The molecule has 5 heteroatoms. The molecule has 0 bridgehead atoms. The summed E-state index contributed by atoms with van der Waals surface area (Å²) in [6.07, 6.45) is 0. The molecular weight excluding hydrogens is 248 g/mol. The fourth-order valence-corrected chi connectivity index (χ4v) is 1.38. The summed E-state index contributed by atoms with van der Waals surface area (Å²) in [4.78, 5) is 22.9. The lowest BCUT2D eigenvalue weighted by atomic mass is 10.2. The highest BCUT2D eigenvalue weighted by Gasteiger charge is 2.10. The van der Waals surface area contributed by atoms with Crippen LogP contribution in [0, 0.1) is 0 Å². The van der Waals surface area contributed by atoms with E-state index in [0.29, 0.717) is 0 Å². The van der Waals surface area contributed by atoms with Gasteiger partial charge in [0.05, 0.1) is 5.56 Å². The van der Waals surface area contributed by atoms with Crippen molar-refractivity contribution in [2.45, 2.75) is 0 Å². The van der Waals surface area contributed by atoms with Gasteiger partial charge in [0.2, 0.25) is 0 Å². The van der Waals surface area contributed by atoms with Crippen molar-refractivity contribution < 1.29 is 19.7 Å². The predicted molar refractivity (Wildman–Crippen MR) is 67.4 cm³/mol. The van der Waals surface area contributed by atoms with E-state index in [0.717, 1.165) is 12.1 Å². The molecule has 2 aromatic rings. The van der Waals surface area contributed by atoms with Gasteiger partial charge in [-0.05, 0) is 48.5 Å². The molecule has 0 amide bonds. The minimum absolute atomic E-state index is 0.0292. The zero-order valence-corrected chi connectivity index (χ0v) is 9.74. The number of hydrogen-bond acceptors (Lipinski definition) is 5. The van der Waals surface area contributed by atoms with Crippen molar-refractivity contribution >= 4 is 5.97 Å². The summed E-state index contributed by atoms with van der Waals surface area (Å²) in [5, 5.41) is 18.7. The van der Waals surface area contributed by atoms with Crippen molar-refractivity contribution in [1.82, 2.24) is 0 Å². The highest BCUT2D eigenvalue weighted by Crippen LogP contribution is 2.23. The van der Waals surface area contributed by atoms with Crippen LogP contribution in [0.4, 0.5) is 0 Å². The van der Waals surface area contributed by atoms with Gasteiger partial charge in [0, 0.05) is 0 Å². The Morgan fingerprint density at radius 2 is 1.53 bits per heavy atom. The number of esters is 1. The average molecular weight is 258 g/mol. The minimum atomic E-state index is -0.700. The zero-order valence-electron chi connectivity index (χ0n) is 9.74. The summed E-state index contributed by atoms with van der Waals surface area (Å²) in [5.74, 6) is -1.09. The maximum absolute atomic E-state index is 11.8. The number of hydrogen-bond donors (Lipinski definition) is 2. The summed E-state index contributed by atoms with van der Waals surface area (Å²) < 4.78 is 4.98. The van der Waals surface area contributed by atoms with Gasteiger partial charge in [-0.3, -0.25) is 4.79 Å². The third-order valence-electron chi connectivity index (χ3n) is 2.36. The summed E-state index contributed by atoms with van der Waals surface area (Å²) in [6.45, 7) is 0. The molecule has 0 saturated carbocycles. The highest BCUT2D eigenvalue weighted by molar-refractivity contribution is 5.91. The van der Waals surface area contributed by atoms with Crippen LogP contribution in [0.15, 0.2) is 53.3 Å². The lowest BCUT2D eigenvalue weighted by Gasteiger charge is -2.04. The minimum Gasteiger partial charge on any atom is -0.508 e. The highest BCUT2D eigenvalue weighted by atomic mass is 16.5. The monoisotopic (exact) mass is 258 g/mol. The average Bonchev–Trinajstić information content (AvgIpc) is 2.55. The van der Waals surface area contributed by atoms with E-state index in [9.17, 15) is 14.7 Å². The molecule has 0 spiro atoms. The first-order chi connectivity index (χ1) is 9.06. The smallest absolute Gasteiger partial charge is 0.343 e. The lowest BCUT2D eigenvalue weighted by Crippen LogP contribution is -2.07. The third-order valence-corrected chi connectivity index (χ3v) is 2.36. The molecule has 5 nitrogen and oxygen atoms in total. The Morgan fingerprint density at radius 3 is 2.21 bits per heavy atom. The van der Waals surface area contributed by atoms with Crippen LogP contribution in [-0.4, -0.2) is 16.2 Å². The fraction of sp³-hybridized carbons (Fsp3) is 0. The number of rotatable bonds is 2. The number of benzene rings is 1. The van der Waals surface area contributed by atoms with Crippen molar-refractivity contribution in [1.29, 1.82) is 0 Å². The fourth-order valence-electron chi connectivity index (χ4n) is 1.38. The summed E-state index contributed by atoms with van der Waals surface area (Å²) in [6, 6.07) is 10.2. The van der Waals surface area contributed by atoms with Gasteiger partial charge < -0.3 is 14.9 Å². The molecule has 96 valence electrons. The van der Waals surface area contributed by atoms with Crippen LogP contribution in [0.3, 0.4) is 0 Å². The molecule has 19 heavy (non-hydrogen) atoms. The van der Waals surface area contributed by atoms with E-state index in [1.807, 2.05) is 0 Å². The molecule has 0 unspecified atom stereocenters. The Morgan fingerprint density at radius 1 is 0.895 bits per heavy atom. The number of phenols is 1. The number of phenolic OH excluding ortho intramolecular Hbond substituents is 1. The quantitative estimate of drug-likeness (QED) is 0.800. The standard InChI is InChI=1S/C14H10O5/c15-10-3-1-9(2-4-10)14(18)19-13-8-6-11(16)5-7-12(13)17/h1-8,15,17H. The molecule has 0 heterocycles. The summed E-state index contributed by atoms with van der Waals surface area (Å²) in [7, 11) is 0. The Hall–Kier alpha value is -2.82. The topological polar surface area (TPSA) is 83.8 Å². The third kappa shape index (κ3) is 3.10. The van der Waals surface area contributed by atoms with E-state index in [1.54, 1.807) is 0 Å². The molecule has 0 aliphatic rings. The van der Waals surface area contributed by atoms with E-state index < -0.39 is 5.97 Å². The summed E-state index contributed by atoms with van der Waals surface area (Å²) in [5.41, 5.74) is -0.103. The van der Waals surface area contributed by atoms with Gasteiger partial charge in [0.1, 0.15) is 5.75 Å². The first kappa shape index (κ1) is 12.6. The first-order valence-corrected chi connectivity index (χ1v) is 5.41. The number of carbonyl (C=O) groups excluding carboxylic acids is 1. The lowest BCUT2D eigenvalue weighted by molar-refractivity contribution is 0.0730. The molecule has 0 fully saturated rings. The van der Waals surface area contributed by atoms with Crippen molar-refractivity contribution in [3.05, 3.63) is 64.3 Å². The van der Waals surface area contributed by atoms with Crippen molar-refractivity contribution in [3.63, 3.8) is 0 Å². The van der Waals surface area contributed by atoms with Gasteiger partial charge in [-0.2, -0.15) is 0 Å². The molecular formula is C14H10O5. The molecule has 0 atom stereocenters. The van der Waals surface area contributed by atoms with Gasteiger partial charge in [-0.25, -0.2) is 4.79 Å². The normalized spacial score (nSPS) is 9.89. The van der Waals surface area contributed by atoms with Crippen molar-refractivity contribution in [3.8, 4) is 17.2 Å². The van der Waals surface area contributed by atoms with Gasteiger partial charge in [0.15, 0.2) is 16.9 Å². The van der Waals surface area contributed by atoms with E-state index in [2.05, 4.69) is 0 Å². The van der Waals surface area contributed by atoms with Crippen LogP contribution < -0.4 is 10.2 Å². The van der Waals surface area contributed by atoms with Gasteiger partial charge in [0.25, 0.3) is 0 Å². The Bertz CT molecular complexity index is 661. The first-order valence-electron chi connectivity index (χ1n) is 5.41. The molecule has 0 aliphatic heterocycles. The second-order valence-corrected chi connectivity index (χ2v) is 3.75. The predicted octanol–water partition coefficient (Wildman–Crippen LogP) is 1.68. The summed E-state index contributed by atoms with van der Waals surface area (Å²) >= 11 is 0. The van der Waals surface area contributed by atoms with Crippen LogP contribution in [0.5, 0.6) is 17.2 Å². The van der Waals surface area contributed by atoms with Crippen LogP contribution in [0.25, 0.3) is 0 Å². The van der Waals surface area contributed by atoms with E-state index >= 15 is 0 Å². The number of ether oxygens (including phenoxy) is 1. The molecule has 2 rings (SSSR count). The number of carbonyl (C=O) groups is 1. The van der Waals surface area contributed by atoms with Crippen molar-refractivity contribution in [2.75, 3.05) is 0 Å². The maximum Gasteiger partial charge on any atom is 0.343 e. The van der Waals surface area contributed by atoms with E-state index in [1.165, 1.54) is 36.4 Å². The van der Waals surface area contributed by atoms with Crippen LogP contribution in [-0.2, 0) is 0 Å². The van der Waals surface area contributed by atoms with Gasteiger partial charge >= 0.3 is 5.97 Å².